The van der Waals surface area contributed by atoms with Crippen LogP contribution in [0.15, 0.2) is 24.3 Å². The topological polar surface area (TPSA) is 35.5 Å². The van der Waals surface area contributed by atoms with E-state index in [-0.39, 0.29) is 11.6 Å². The molecule has 1 aromatic carbocycles. The van der Waals surface area contributed by atoms with Crippen molar-refractivity contribution in [1.82, 2.24) is 0 Å². The number of benzene rings is 1. The van der Waals surface area contributed by atoms with Gasteiger partial charge in [0.25, 0.3) is 0 Å². The van der Waals surface area contributed by atoms with E-state index in [9.17, 15) is 4.79 Å². The molecule has 1 rings (SSSR count). The molecule has 0 aliphatic carbocycles. The molecule has 82 valence electrons. The van der Waals surface area contributed by atoms with Gasteiger partial charge in [-0.15, -0.1) is 0 Å². The lowest BCUT2D eigenvalue weighted by molar-refractivity contribution is 0.0598. The minimum absolute atomic E-state index is 0.269. The smallest absolute Gasteiger partial charge is 0.337 e. The monoisotopic (exact) mass is 208 g/mol. The van der Waals surface area contributed by atoms with Crippen molar-refractivity contribution < 1.29 is 14.3 Å². The number of esters is 1. The van der Waals surface area contributed by atoms with Gasteiger partial charge in [0.1, 0.15) is 11.4 Å². The second-order valence-corrected chi connectivity index (χ2v) is 4.23. The Balaban J connectivity index is 2.88. The first kappa shape index (κ1) is 11.6. The molecule has 0 fully saturated rings. The first-order valence-corrected chi connectivity index (χ1v) is 4.80. The molecule has 0 saturated carbocycles. The van der Waals surface area contributed by atoms with Crippen molar-refractivity contribution >= 4 is 5.97 Å². The number of carbonyl (C=O) groups is 1. The van der Waals surface area contributed by atoms with E-state index < -0.39 is 0 Å². The van der Waals surface area contributed by atoms with Crippen LogP contribution >= 0.6 is 0 Å². The number of carbonyl (C=O) groups excluding carboxylic acids is 1. The number of hydrogen-bond acceptors (Lipinski definition) is 3. The van der Waals surface area contributed by atoms with E-state index in [1.807, 2.05) is 26.8 Å². The lowest BCUT2D eigenvalue weighted by Gasteiger charge is -2.21. The molecular weight excluding hydrogens is 192 g/mol. The number of ether oxygens (including phenoxy) is 2. The molecule has 1 aromatic rings. The third-order valence-corrected chi connectivity index (χ3v) is 1.68. The van der Waals surface area contributed by atoms with E-state index in [1.165, 1.54) is 7.11 Å². The van der Waals surface area contributed by atoms with Gasteiger partial charge in [-0.05, 0) is 39.0 Å². The second kappa shape index (κ2) is 4.34. The van der Waals surface area contributed by atoms with E-state index in [4.69, 9.17) is 4.74 Å². The Morgan fingerprint density at radius 2 is 1.93 bits per heavy atom. The summed E-state index contributed by atoms with van der Waals surface area (Å²) in [7, 11) is 1.36. The van der Waals surface area contributed by atoms with Crippen LogP contribution in [0.25, 0.3) is 0 Å². The largest absolute Gasteiger partial charge is 0.488 e. The number of hydrogen-bond donors (Lipinski definition) is 0. The highest BCUT2D eigenvalue weighted by atomic mass is 16.5. The van der Waals surface area contributed by atoms with E-state index in [0.717, 1.165) is 0 Å². The van der Waals surface area contributed by atoms with Gasteiger partial charge in [-0.3, -0.25) is 0 Å². The van der Waals surface area contributed by atoms with Crippen LogP contribution in [0.4, 0.5) is 0 Å². The molecule has 0 saturated heterocycles. The Morgan fingerprint density at radius 1 is 1.27 bits per heavy atom. The van der Waals surface area contributed by atoms with Gasteiger partial charge in [-0.2, -0.15) is 0 Å². The zero-order chi connectivity index (χ0) is 11.5. The molecule has 0 aliphatic heterocycles. The zero-order valence-electron chi connectivity index (χ0n) is 9.53. The molecule has 3 heteroatoms. The Kier molecular flexibility index (Phi) is 3.35. The summed E-state index contributed by atoms with van der Waals surface area (Å²) in [4.78, 5) is 11.3. The van der Waals surface area contributed by atoms with Crippen molar-refractivity contribution in [3.63, 3.8) is 0 Å². The van der Waals surface area contributed by atoms with Gasteiger partial charge in [0.05, 0.1) is 12.7 Å². The van der Waals surface area contributed by atoms with E-state index in [2.05, 4.69) is 4.74 Å². The minimum atomic E-state index is -0.352. The van der Waals surface area contributed by atoms with Crippen LogP contribution in [0.3, 0.4) is 0 Å². The fraction of sp³-hybridized carbons (Fsp3) is 0.417. The van der Waals surface area contributed by atoms with E-state index in [1.54, 1.807) is 18.2 Å². The maximum Gasteiger partial charge on any atom is 0.337 e. The van der Waals surface area contributed by atoms with Gasteiger partial charge in [0.15, 0.2) is 0 Å². The van der Waals surface area contributed by atoms with Crippen LogP contribution in [0.1, 0.15) is 31.1 Å². The highest BCUT2D eigenvalue weighted by molar-refractivity contribution is 5.89. The summed E-state index contributed by atoms with van der Waals surface area (Å²) < 4.78 is 10.3. The Hall–Kier alpha value is -1.51. The minimum Gasteiger partial charge on any atom is -0.488 e. The van der Waals surface area contributed by atoms with Crippen molar-refractivity contribution in [1.29, 1.82) is 0 Å². The Morgan fingerprint density at radius 3 is 2.47 bits per heavy atom. The first-order valence-electron chi connectivity index (χ1n) is 4.80. The second-order valence-electron chi connectivity index (χ2n) is 4.23. The molecule has 0 heterocycles. The molecule has 0 bridgehead atoms. The summed E-state index contributed by atoms with van der Waals surface area (Å²) in [5, 5.41) is 0. The Bertz CT molecular complexity index is 350. The first-order chi connectivity index (χ1) is 6.92. The summed E-state index contributed by atoms with van der Waals surface area (Å²) in [5.74, 6) is 0.319. The van der Waals surface area contributed by atoms with Crippen LogP contribution in [0.5, 0.6) is 5.75 Å². The predicted molar refractivity (Wildman–Crippen MR) is 58.2 cm³/mol. The molecule has 0 radical (unpaired) electrons. The number of rotatable bonds is 2. The zero-order valence-corrected chi connectivity index (χ0v) is 9.53. The lowest BCUT2D eigenvalue weighted by atomic mass is 10.1. The fourth-order valence-electron chi connectivity index (χ4n) is 1.16. The highest BCUT2D eigenvalue weighted by Crippen LogP contribution is 2.19. The third-order valence-electron chi connectivity index (χ3n) is 1.68. The van der Waals surface area contributed by atoms with E-state index >= 15 is 0 Å². The van der Waals surface area contributed by atoms with Gasteiger partial charge < -0.3 is 9.47 Å². The molecule has 0 unspecified atom stereocenters. The molecule has 0 aliphatic rings. The maximum absolute atomic E-state index is 11.3. The van der Waals surface area contributed by atoms with Crippen molar-refractivity contribution in [3.8, 4) is 5.75 Å². The van der Waals surface area contributed by atoms with Crippen molar-refractivity contribution in [2.45, 2.75) is 26.4 Å². The van der Waals surface area contributed by atoms with Crippen LogP contribution in [-0.4, -0.2) is 18.7 Å². The predicted octanol–water partition coefficient (Wildman–Crippen LogP) is 2.65. The summed E-state index contributed by atoms with van der Waals surface area (Å²) >= 11 is 0. The summed E-state index contributed by atoms with van der Waals surface area (Å²) in [6.45, 7) is 5.87. The summed E-state index contributed by atoms with van der Waals surface area (Å²) in [6.07, 6.45) is 0. The van der Waals surface area contributed by atoms with Gasteiger partial charge in [-0.25, -0.2) is 4.79 Å². The molecule has 0 N–H and O–H groups in total. The van der Waals surface area contributed by atoms with Crippen molar-refractivity contribution in [2.75, 3.05) is 7.11 Å². The normalized spacial score (nSPS) is 10.9. The van der Waals surface area contributed by atoms with Crippen LogP contribution in [0, 0.1) is 0 Å². The Labute approximate surface area is 90.0 Å². The molecule has 3 nitrogen and oxygen atoms in total. The van der Waals surface area contributed by atoms with Gasteiger partial charge >= 0.3 is 5.97 Å². The molecule has 0 aromatic heterocycles. The number of methoxy groups -OCH3 is 1. The van der Waals surface area contributed by atoms with Gasteiger partial charge in [-0.1, -0.05) is 6.07 Å². The van der Waals surface area contributed by atoms with Crippen LogP contribution in [0.2, 0.25) is 0 Å². The van der Waals surface area contributed by atoms with E-state index in [0.29, 0.717) is 11.3 Å². The molecule has 15 heavy (non-hydrogen) atoms. The summed E-state index contributed by atoms with van der Waals surface area (Å²) in [5.41, 5.74) is 0.230. The maximum atomic E-state index is 11.3. The third kappa shape index (κ3) is 3.62. The van der Waals surface area contributed by atoms with Crippen molar-refractivity contribution in [3.05, 3.63) is 29.8 Å². The molecular formula is C12H16O3. The standard InChI is InChI=1S/C12H16O3/c1-12(2,3)15-10-7-5-6-9(8-10)11(13)14-4/h5-8H,1-4H3. The SMILES string of the molecule is COC(=O)c1cccc(OC(C)(C)C)c1. The average molecular weight is 208 g/mol. The van der Waals surface area contributed by atoms with Crippen LogP contribution < -0.4 is 4.74 Å². The highest BCUT2D eigenvalue weighted by Gasteiger charge is 2.13. The summed E-state index contributed by atoms with van der Waals surface area (Å²) in [6, 6.07) is 6.96. The molecule has 0 spiro atoms. The average Bonchev–Trinajstić information content (AvgIpc) is 2.14. The van der Waals surface area contributed by atoms with Crippen LogP contribution in [-0.2, 0) is 4.74 Å². The fourth-order valence-corrected chi connectivity index (χ4v) is 1.16. The van der Waals surface area contributed by atoms with Gasteiger partial charge in [0, 0.05) is 0 Å². The molecule has 0 amide bonds. The quantitative estimate of drug-likeness (QED) is 0.701. The van der Waals surface area contributed by atoms with Gasteiger partial charge in [0.2, 0.25) is 0 Å². The lowest BCUT2D eigenvalue weighted by Crippen LogP contribution is -2.23. The van der Waals surface area contributed by atoms with Crippen molar-refractivity contribution in [2.24, 2.45) is 0 Å². The molecule has 0 atom stereocenters.